The SMILES string of the molecule is O=C([C@@H]1CCOC1)N1CCC[C@H]1c1ncc(-c2ccccc2Cl)[nH]1. The average Bonchev–Trinajstić information content (AvgIpc) is 3.34. The van der Waals surface area contributed by atoms with Crippen LogP contribution in [-0.4, -0.2) is 40.5 Å². The number of nitrogens with zero attached hydrogens (tertiary/aromatic N) is 2. The molecular weight excluding hydrogens is 326 g/mol. The second-order valence-corrected chi connectivity index (χ2v) is 6.82. The average molecular weight is 346 g/mol. The number of likely N-dealkylation sites (tertiary alicyclic amines) is 1. The van der Waals surface area contributed by atoms with Crippen LogP contribution in [0.15, 0.2) is 30.5 Å². The monoisotopic (exact) mass is 345 g/mol. The van der Waals surface area contributed by atoms with Gasteiger partial charge in [-0.25, -0.2) is 4.98 Å². The van der Waals surface area contributed by atoms with Crippen molar-refractivity contribution in [1.29, 1.82) is 0 Å². The summed E-state index contributed by atoms with van der Waals surface area (Å²) >= 11 is 6.27. The van der Waals surface area contributed by atoms with Crippen LogP contribution in [0.5, 0.6) is 0 Å². The molecule has 2 saturated heterocycles. The molecule has 2 aromatic rings. The first-order valence-corrected chi connectivity index (χ1v) is 8.80. The summed E-state index contributed by atoms with van der Waals surface area (Å²) in [5.74, 6) is 1.05. The Labute approximate surface area is 146 Å². The van der Waals surface area contributed by atoms with E-state index in [0.29, 0.717) is 18.2 Å². The lowest BCUT2D eigenvalue weighted by molar-refractivity contribution is -0.136. The van der Waals surface area contributed by atoms with Crippen LogP contribution in [0.25, 0.3) is 11.3 Å². The lowest BCUT2D eigenvalue weighted by Crippen LogP contribution is -2.36. The van der Waals surface area contributed by atoms with Crippen LogP contribution in [0.4, 0.5) is 0 Å². The van der Waals surface area contributed by atoms with E-state index in [1.165, 1.54) is 0 Å². The molecule has 2 aliphatic heterocycles. The highest BCUT2D eigenvalue weighted by molar-refractivity contribution is 6.33. The molecule has 0 unspecified atom stereocenters. The number of rotatable bonds is 3. The first-order valence-electron chi connectivity index (χ1n) is 8.42. The molecule has 1 N–H and O–H groups in total. The summed E-state index contributed by atoms with van der Waals surface area (Å²) in [4.78, 5) is 22.6. The van der Waals surface area contributed by atoms with Gasteiger partial charge < -0.3 is 14.6 Å². The Morgan fingerprint density at radius 3 is 3.00 bits per heavy atom. The van der Waals surface area contributed by atoms with Crippen LogP contribution in [0.3, 0.4) is 0 Å². The summed E-state index contributed by atoms with van der Waals surface area (Å²) in [7, 11) is 0. The third kappa shape index (κ3) is 2.82. The second kappa shape index (κ2) is 6.57. The lowest BCUT2D eigenvalue weighted by atomic mass is 10.1. The molecule has 1 aromatic carbocycles. The predicted molar refractivity (Wildman–Crippen MR) is 91.6 cm³/mol. The van der Waals surface area contributed by atoms with Gasteiger partial charge in [0.1, 0.15) is 5.82 Å². The minimum Gasteiger partial charge on any atom is -0.381 e. The van der Waals surface area contributed by atoms with Gasteiger partial charge in [-0.1, -0.05) is 29.8 Å². The Morgan fingerprint density at radius 2 is 2.21 bits per heavy atom. The van der Waals surface area contributed by atoms with Gasteiger partial charge in [0.05, 0.1) is 30.5 Å². The Bertz CT molecular complexity index is 739. The van der Waals surface area contributed by atoms with Gasteiger partial charge in [0.2, 0.25) is 5.91 Å². The molecule has 0 aliphatic carbocycles. The third-order valence-electron chi connectivity index (χ3n) is 4.89. The molecular formula is C18H20ClN3O2. The van der Waals surface area contributed by atoms with Crippen molar-refractivity contribution in [2.75, 3.05) is 19.8 Å². The first-order chi connectivity index (χ1) is 11.7. The highest BCUT2D eigenvalue weighted by atomic mass is 35.5. The largest absolute Gasteiger partial charge is 0.381 e. The number of halogens is 1. The van der Waals surface area contributed by atoms with Crippen LogP contribution in [0.1, 0.15) is 31.1 Å². The molecule has 5 nitrogen and oxygen atoms in total. The number of H-pyrrole nitrogens is 1. The Kier molecular flexibility index (Phi) is 4.29. The normalized spacial score (nSPS) is 23.8. The summed E-state index contributed by atoms with van der Waals surface area (Å²) in [6.07, 6.45) is 4.57. The number of carbonyl (C=O) groups excluding carboxylic acids is 1. The maximum Gasteiger partial charge on any atom is 0.228 e. The van der Waals surface area contributed by atoms with Gasteiger partial charge in [-0.05, 0) is 25.3 Å². The molecule has 0 radical (unpaired) electrons. The summed E-state index contributed by atoms with van der Waals surface area (Å²) < 4.78 is 5.37. The topological polar surface area (TPSA) is 58.2 Å². The van der Waals surface area contributed by atoms with Crippen molar-refractivity contribution in [3.05, 3.63) is 41.3 Å². The Hall–Kier alpha value is -1.85. The van der Waals surface area contributed by atoms with Gasteiger partial charge in [0.15, 0.2) is 0 Å². The standard InChI is InChI=1S/C18H20ClN3O2/c19-14-5-2-1-4-13(14)15-10-20-17(21-15)16-6-3-8-22(16)18(23)12-7-9-24-11-12/h1-2,4-5,10,12,16H,3,6-9,11H2,(H,20,21)/t12-,16+/m1/s1. The molecule has 3 heterocycles. The smallest absolute Gasteiger partial charge is 0.228 e. The van der Waals surface area contributed by atoms with Gasteiger partial charge in [0.25, 0.3) is 0 Å². The van der Waals surface area contributed by atoms with E-state index in [1.807, 2.05) is 29.2 Å². The molecule has 0 saturated carbocycles. The fourth-order valence-electron chi connectivity index (χ4n) is 3.60. The first kappa shape index (κ1) is 15.7. The van der Waals surface area contributed by atoms with E-state index in [-0.39, 0.29) is 17.9 Å². The number of carbonyl (C=O) groups is 1. The fourth-order valence-corrected chi connectivity index (χ4v) is 3.84. The van der Waals surface area contributed by atoms with Crippen molar-refractivity contribution in [2.45, 2.75) is 25.3 Å². The van der Waals surface area contributed by atoms with Crippen LogP contribution in [0.2, 0.25) is 5.02 Å². The number of benzene rings is 1. The second-order valence-electron chi connectivity index (χ2n) is 6.41. The summed E-state index contributed by atoms with van der Waals surface area (Å²) in [6, 6.07) is 7.71. The summed E-state index contributed by atoms with van der Waals surface area (Å²) in [5, 5.41) is 0.690. The number of hydrogen-bond acceptors (Lipinski definition) is 3. The van der Waals surface area contributed by atoms with Crippen molar-refractivity contribution in [3.63, 3.8) is 0 Å². The van der Waals surface area contributed by atoms with Gasteiger partial charge >= 0.3 is 0 Å². The van der Waals surface area contributed by atoms with E-state index in [9.17, 15) is 4.79 Å². The maximum absolute atomic E-state index is 12.7. The molecule has 126 valence electrons. The molecule has 2 aliphatic rings. The molecule has 6 heteroatoms. The molecule has 2 fully saturated rings. The highest BCUT2D eigenvalue weighted by Crippen LogP contribution is 2.34. The number of nitrogens with one attached hydrogen (secondary N) is 1. The van der Waals surface area contributed by atoms with E-state index >= 15 is 0 Å². The maximum atomic E-state index is 12.7. The number of ether oxygens (including phenoxy) is 1. The van der Waals surface area contributed by atoms with Gasteiger partial charge in [-0.15, -0.1) is 0 Å². The van der Waals surface area contributed by atoms with Gasteiger partial charge in [-0.3, -0.25) is 4.79 Å². The summed E-state index contributed by atoms with van der Waals surface area (Å²) in [6.45, 7) is 2.03. The molecule has 2 atom stereocenters. The molecule has 1 aromatic heterocycles. The van der Waals surface area contributed by atoms with E-state index in [2.05, 4.69) is 9.97 Å². The van der Waals surface area contributed by atoms with Gasteiger partial charge in [0, 0.05) is 23.7 Å². The predicted octanol–water partition coefficient (Wildman–Crippen LogP) is 3.43. The van der Waals surface area contributed by atoms with Crippen molar-refractivity contribution >= 4 is 17.5 Å². The van der Waals surface area contributed by atoms with Crippen molar-refractivity contribution in [3.8, 4) is 11.3 Å². The van der Waals surface area contributed by atoms with E-state index < -0.39 is 0 Å². The van der Waals surface area contributed by atoms with Gasteiger partial charge in [-0.2, -0.15) is 0 Å². The van der Waals surface area contributed by atoms with E-state index in [0.717, 1.165) is 42.9 Å². The Morgan fingerprint density at radius 1 is 1.33 bits per heavy atom. The highest BCUT2D eigenvalue weighted by Gasteiger charge is 2.36. The van der Waals surface area contributed by atoms with Crippen molar-refractivity contribution in [1.82, 2.24) is 14.9 Å². The zero-order chi connectivity index (χ0) is 16.5. The van der Waals surface area contributed by atoms with Crippen LogP contribution in [-0.2, 0) is 9.53 Å². The van der Waals surface area contributed by atoms with Crippen molar-refractivity contribution in [2.24, 2.45) is 5.92 Å². The zero-order valence-electron chi connectivity index (χ0n) is 13.4. The van der Waals surface area contributed by atoms with Crippen LogP contribution < -0.4 is 0 Å². The lowest BCUT2D eigenvalue weighted by Gasteiger charge is -2.25. The zero-order valence-corrected chi connectivity index (χ0v) is 14.1. The summed E-state index contributed by atoms with van der Waals surface area (Å²) in [5.41, 5.74) is 1.82. The van der Waals surface area contributed by atoms with Crippen LogP contribution in [0, 0.1) is 5.92 Å². The number of aromatic amines is 1. The third-order valence-corrected chi connectivity index (χ3v) is 5.22. The fraction of sp³-hybridized carbons (Fsp3) is 0.444. The number of imidazole rings is 1. The number of aromatic nitrogens is 2. The number of amides is 1. The molecule has 0 bridgehead atoms. The van der Waals surface area contributed by atoms with E-state index in [4.69, 9.17) is 16.3 Å². The minimum atomic E-state index is 0.00333. The molecule has 4 rings (SSSR count). The molecule has 1 amide bonds. The molecule has 0 spiro atoms. The van der Waals surface area contributed by atoms with E-state index in [1.54, 1.807) is 6.20 Å². The minimum absolute atomic E-state index is 0.00333. The number of hydrogen-bond donors (Lipinski definition) is 1. The van der Waals surface area contributed by atoms with Crippen molar-refractivity contribution < 1.29 is 9.53 Å². The Balaban J connectivity index is 1.57. The quantitative estimate of drug-likeness (QED) is 0.927. The van der Waals surface area contributed by atoms with Crippen LogP contribution >= 0.6 is 11.6 Å². The molecule has 24 heavy (non-hydrogen) atoms.